The van der Waals surface area contributed by atoms with E-state index in [0.717, 1.165) is 22.0 Å². The molecule has 2 N–H and O–H groups in total. The van der Waals surface area contributed by atoms with Crippen molar-refractivity contribution in [2.24, 2.45) is 7.05 Å². The first-order valence-corrected chi connectivity index (χ1v) is 7.09. The minimum atomic E-state index is -0.227. The lowest BCUT2D eigenvalue weighted by Crippen LogP contribution is -2.20. The van der Waals surface area contributed by atoms with E-state index in [1.54, 1.807) is 31.3 Å². The van der Waals surface area contributed by atoms with Gasteiger partial charge < -0.3 is 10.3 Å². The summed E-state index contributed by atoms with van der Waals surface area (Å²) < 4.78 is 1.52. The molecular weight excluding hydrogens is 307 g/mol. The van der Waals surface area contributed by atoms with Crippen molar-refractivity contribution in [3.8, 4) is 11.1 Å². The Balaban J connectivity index is 2.51. The van der Waals surface area contributed by atoms with E-state index in [1.807, 2.05) is 18.2 Å². The Hall–Kier alpha value is -1.97. The van der Waals surface area contributed by atoms with Crippen molar-refractivity contribution < 1.29 is 0 Å². The predicted molar refractivity (Wildman–Crippen MR) is 89.1 cm³/mol. The molecule has 5 heteroatoms. The monoisotopic (exact) mass is 318 g/mol. The maximum atomic E-state index is 12.0. The summed E-state index contributed by atoms with van der Waals surface area (Å²) in [4.78, 5) is 12.0. The van der Waals surface area contributed by atoms with Gasteiger partial charge in [0.25, 0.3) is 5.56 Å². The second-order valence-electron chi connectivity index (χ2n) is 4.80. The molecule has 3 aromatic rings. The van der Waals surface area contributed by atoms with E-state index in [1.165, 1.54) is 4.57 Å². The normalized spacial score (nSPS) is 11.0. The van der Waals surface area contributed by atoms with Gasteiger partial charge in [-0.05, 0) is 24.3 Å². The van der Waals surface area contributed by atoms with Crippen LogP contribution in [-0.4, -0.2) is 4.57 Å². The number of nitrogens with two attached hydrogens (primary N) is 1. The van der Waals surface area contributed by atoms with Crippen molar-refractivity contribution in [3.63, 3.8) is 0 Å². The molecule has 3 rings (SSSR count). The first kappa shape index (κ1) is 14.0. The molecule has 1 aromatic heterocycles. The van der Waals surface area contributed by atoms with Crippen molar-refractivity contribution in [3.05, 3.63) is 62.9 Å². The molecule has 3 nitrogen and oxygen atoms in total. The minimum Gasteiger partial charge on any atom is -0.394 e. The summed E-state index contributed by atoms with van der Waals surface area (Å²) in [5.41, 5.74) is 8.12. The van der Waals surface area contributed by atoms with Gasteiger partial charge in [-0.25, -0.2) is 0 Å². The number of pyridine rings is 1. The molecule has 0 saturated carbocycles. The number of aryl methyl sites for hydroxylation is 1. The van der Waals surface area contributed by atoms with E-state index in [9.17, 15) is 4.79 Å². The highest BCUT2D eigenvalue weighted by molar-refractivity contribution is 6.38. The lowest BCUT2D eigenvalue weighted by molar-refractivity contribution is 0.910. The largest absolute Gasteiger partial charge is 0.394 e. The van der Waals surface area contributed by atoms with Gasteiger partial charge in [0, 0.05) is 33.6 Å². The summed E-state index contributed by atoms with van der Waals surface area (Å²) >= 11 is 12.7. The van der Waals surface area contributed by atoms with E-state index in [2.05, 4.69) is 0 Å². The van der Waals surface area contributed by atoms with Crippen molar-refractivity contribution in [2.45, 2.75) is 0 Å². The summed E-state index contributed by atoms with van der Waals surface area (Å²) in [6.07, 6.45) is 0. The van der Waals surface area contributed by atoms with E-state index < -0.39 is 0 Å². The summed E-state index contributed by atoms with van der Waals surface area (Å²) in [6.45, 7) is 0. The lowest BCUT2D eigenvalue weighted by atomic mass is 10.00. The van der Waals surface area contributed by atoms with Crippen molar-refractivity contribution in [1.82, 2.24) is 4.57 Å². The standard InChI is InChI=1S/C16H12Cl2N2O/c1-20-14-7-6-12(18)15(9-4-2-3-5-11(9)17)10(14)8-13(19)16(20)21/h2-8H,19H2,1H3. The topological polar surface area (TPSA) is 48.0 Å². The van der Waals surface area contributed by atoms with Gasteiger partial charge in [-0.2, -0.15) is 0 Å². The number of hydrogen-bond donors (Lipinski definition) is 1. The van der Waals surface area contributed by atoms with Gasteiger partial charge in [-0.1, -0.05) is 41.4 Å². The average Bonchev–Trinajstić information content (AvgIpc) is 2.46. The van der Waals surface area contributed by atoms with E-state index in [4.69, 9.17) is 28.9 Å². The van der Waals surface area contributed by atoms with Crippen LogP contribution < -0.4 is 11.3 Å². The highest BCUT2D eigenvalue weighted by Gasteiger charge is 2.14. The number of anilines is 1. The first-order chi connectivity index (χ1) is 10.0. The van der Waals surface area contributed by atoms with E-state index in [0.29, 0.717) is 10.0 Å². The van der Waals surface area contributed by atoms with Crippen LogP contribution in [0.3, 0.4) is 0 Å². The zero-order valence-electron chi connectivity index (χ0n) is 11.2. The molecule has 0 aliphatic heterocycles. The SMILES string of the molecule is Cn1c(=O)c(N)cc2c(-c3ccccc3Cl)c(Cl)ccc21. The van der Waals surface area contributed by atoms with Crippen LogP contribution in [-0.2, 0) is 7.05 Å². The minimum absolute atomic E-state index is 0.181. The number of nitrogen functional groups attached to an aromatic ring is 1. The number of halogens is 2. The molecule has 0 saturated heterocycles. The lowest BCUT2D eigenvalue weighted by Gasteiger charge is -2.13. The number of aromatic nitrogens is 1. The van der Waals surface area contributed by atoms with Crippen LogP contribution in [0.4, 0.5) is 5.69 Å². The number of fused-ring (bicyclic) bond motifs is 1. The van der Waals surface area contributed by atoms with Crippen LogP contribution in [0.25, 0.3) is 22.0 Å². The Morgan fingerprint density at radius 2 is 1.76 bits per heavy atom. The third-order valence-corrected chi connectivity index (χ3v) is 4.17. The van der Waals surface area contributed by atoms with Gasteiger partial charge in [0.2, 0.25) is 0 Å². The molecule has 0 spiro atoms. The average molecular weight is 319 g/mol. The molecule has 106 valence electrons. The van der Waals surface area contributed by atoms with Gasteiger partial charge in [-0.3, -0.25) is 4.79 Å². The predicted octanol–water partition coefficient (Wildman–Crippen LogP) is 4.09. The van der Waals surface area contributed by atoms with Gasteiger partial charge in [0.15, 0.2) is 0 Å². The summed E-state index contributed by atoms with van der Waals surface area (Å²) in [7, 11) is 1.69. The van der Waals surface area contributed by atoms with Crippen LogP contribution in [0.2, 0.25) is 10.0 Å². The molecule has 0 bridgehead atoms. The fourth-order valence-electron chi connectivity index (χ4n) is 2.48. The van der Waals surface area contributed by atoms with Gasteiger partial charge in [0.05, 0.1) is 11.2 Å². The number of benzene rings is 2. The Bertz CT molecular complexity index is 916. The third-order valence-electron chi connectivity index (χ3n) is 3.53. The number of nitrogens with zero attached hydrogens (tertiary/aromatic N) is 1. The van der Waals surface area contributed by atoms with Crippen LogP contribution in [0, 0.1) is 0 Å². The molecule has 0 amide bonds. The van der Waals surface area contributed by atoms with Crippen LogP contribution in [0.15, 0.2) is 47.3 Å². The molecule has 21 heavy (non-hydrogen) atoms. The molecule has 0 aliphatic carbocycles. The van der Waals surface area contributed by atoms with Crippen molar-refractivity contribution >= 4 is 39.8 Å². The maximum Gasteiger partial charge on any atom is 0.273 e. The van der Waals surface area contributed by atoms with Gasteiger partial charge >= 0.3 is 0 Å². The molecule has 0 atom stereocenters. The molecule has 2 aromatic carbocycles. The van der Waals surface area contributed by atoms with Crippen molar-refractivity contribution in [2.75, 3.05) is 5.73 Å². The Labute approximate surface area is 131 Å². The van der Waals surface area contributed by atoms with E-state index in [-0.39, 0.29) is 11.2 Å². The zero-order valence-corrected chi connectivity index (χ0v) is 12.7. The molecule has 0 unspecified atom stereocenters. The van der Waals surface area contributed by atoms with Gasteiger partial charge in [0.1, 0.15) is 0 Å². The molecule has 0 aliphatic rings. The highest BCUT2D eigenvalue weighted by Crippen LogP contribution is 2.38. The van der Waals surface area contributed by atoms with Crippen LogP contribution >= 0.6 is 23.2 Å². The fraction of sp³-hybridized carbons (Fsp3) is 0.0625. The van der Waals surface area contributed by atoms with Gasteiger partial charge in [-0.15, -0.1) is 0 Å². The number of rotatable bonds is 1. The maximum absolute atomic E-state index is 12.0. The third kappa shape index (κ3) is 2.19. The van der Waals surface area contributed by atoms with Crippen molar-refractivity contribution in [1.29, 1.82) is 0 Å². The molecule has 0 fully saturated rings. The second kappa shape index (κ2) is 5.10. The molecule has 1 heterocycles. The Morgan fingerprint density at radius 1 is 1.05 bits per heavy atom. The first-order valence-electron chi connectivity index (χ1n) is 6.33. The highest BCUT2D eigenvalue weighted by atomic mass is 35.5. The zero-order chi connectivity index (χ0) is 15.1. The smallest absolute Gasteiger partial charge is 0.273 e. The van der Waals surface area contributed by atoms with Crippen LogP contribution in [0.5, 0.6) is 0 Å². The summed E-state index contributed by atoms with van der Waals surface area (Å²) in [6, 6.07) is 12.7. The Kier molecular flexibility index (Phi) is 3.40. The molecule has 0 radical (unpaired) electrons. The summed E-state index contributed by atoms with van der Waals surface area (Å²) in [5.74, 6) is 0. The quantitative estimate of drug-likeness (QED) is 0.734. The molecular formula is C16H12Cl2N2O. The summed E-state index contributed by atoms with van der Waals surface area (Å²) in [5, 5.41) is 1.96. The Morgan fingerprint density at radius 3 is 2.48 bits per heavy atom. The fourth-order valence-corrected chi connectivity index (χ4v) is 2.98. The van der Waals surface area contributed by atoms with Crippen LogP contribution in [0.1, 0.15) is 0 Å². The van der Waals surface area contributed by atoms with E-state index >= 15 is 0 Å². The number of hydrogen-bond acceptors (Lipinski definition) is 2. The second-order valence-corrected chi connectivity index (χ2v) is 5.61.